The van der Waals surface area contributed by atoms with Gasteiger partial charge in [-0.05, 0) is 19.1 Å². The van der Waals surface area contributed by atoms with Crippen molar-refractivity contribution in [3.05, 3.63) is 40.6 Å². The van der Waals surface area contributed by atoms with Crippen LogP contribution in [0.25, 0.3) is 0 Å². The summed E-state index contributed by atoms with van der Waals surface area (Å²) in [7, 11) is 1.79. The zero-order valence-corrected chi connectivity index (χ0v) is 15.5. The minimum atomic E-state index is 0. The van der Waals surface area contributed by atoms with Crippen molar-refractivity contribution in [1.29, 1.82) is 0 Å². The summed E-state index contributed by atoms with van der Waals surface area (Å²) in [5, 5.41) is 9.83. The van der Waals surface area contributed by atoms with Crippen LogP contribution in [0.1, 0.15) is 10.7 Å². The molecule has 0 saturated heterocycles. The van der Waals surface area contributed by atoms with Gasteiger partial charge in [-0.1, -0.05) is 0 Å². The molecule has 116 valence electrons. The van der Waals surface area contributed by atoms with Gasteiger partial charge in [-0.2, -0.15) is 0 Å². The van der Waals surface area contributed by atoms with Crippen LogP contribution < -0.4 is 10.6 Å². The van der Waals surface area contributed by atoms with Crippen molar-refractivity contribution in [3.8, 4) is 0 Å². The van der Waals surface area contributed by atoms with E-state index in [2.05, 4.69) is 43.0 Å². The first kappa shape index (κ1) is 18.0. The molecule has 2 rings (SSSR count). The highest BCUT2D eigenvalue weighted by Crippen LogP contribution is 2.07. The molecular weight excluding hydrogens is 397 g/mol. The van der Waals surface area contributed by atoms with Crippen LogP contribution in [-0.4, -0.2) is 35.6 Å². The van der Waals surface area contributed by atoms with Crippen LogP contribution in [0, 0.1) is 6.92 Å². The molecule has 2 aromatic heterocycles. The lowest BCUT2D eigenvalue weighted by molar-refractivity contribution is 0.664. The smallest absolute Gasteiger partial charge is 0.191 e. The number of guanidine groups is 1. The second kappa shape index (κ2) is 9.78. The fourth-order valence-corrected chi connectivity index (χ4v) is 2.52. The molecule has 0 aliphatic carbocycles. The summed E-state index contributed by atoms with van der Waals surface area (Å²) < 4.78 is 2.14. The zero-order valence-electron chi connectivity index (χ0n) is 12.4. The topological polar surface area (TPSA) is 54.2 Å². The molecule has 0 aliphatic heterocycles. The average Bonchev–Trinajstić information content (AvgIpc) is 3.09. The molecule has 0 aromatic carbocycles. The summed E-state index contributed by atoms with van der Waals surface area (Å²) >= 11 is 1.69. The molecule has 0 bridgehead atoms. The minimum absolute atomic E-state index is 0. The standard InChI is InChI=1S/C14H21N5S.HI/c1-12-18-13(11-20-12)5-6-16-14(15-2)17-7-10-19-8-3-4-9-19;/h3-4,8-9,11H,5-7,10H2,1-2H3,(H2,15,16,17);1H. The van der Waals surface area contributed by atoms with Crippen molar-refractivity contribution in [3.63, 3.8) is 0 Å². The van der Waals surface area contributed by atoms with Crippen LogP contribution in [0.15, 0.2) is 34.9 Å². The van der Waals surface area contributed by atoms with Crippen LogP contribution >= 0.6 is 35.3 Å². The largest absolute Gasteiger partial charge is 0.356 e. The Morgan fingerprint density at radius 3 is 2.62 bits per heavy atom. The number of thiazole rings is 1. The molecular formula is C14H22IN5S. The van der Waals surface area contributed by atoms with Gasteiger partial charge < -0.3 is 15.2 Å². The summed E-state index contributed by atoms with van der Waals surface area (Å²) in [5.74, 6) is 0.837. The third-order valence-electron chi connectivity index (χ3n) is 2.89. The van der Waals surface area contributed by atoms with Crippen LogP contribution in [0.3, 0.4) is 0 Å². The normalized spacial score (nSPS) is 11.0. The van der Waals surface area contributed by atoms with Gasteiger partial charge in [0.05, 0.1) is 10.7 Å². The summed E-state index contributed by atoms with van der Waals surface area (Å²) in [4.78, 5) is 8.65. The van der Waals surface area contributed by atoms with E-state index in [0.717, 1.165) is 42.7 Å². The summed E-state index contributed by atoms with van der Waals surface area (Å²) in [5.41, 5.74) is 1.14. The Hall–Kier alpha value is -1.09. The minimum Gasteiger partial charge on any atom is -0.356 e. The summed E-state index contributed by atoms with van der Waals surface area (Å²) in [6.45, 7) is 4.65. The summed E-state index contributed by atoms with van der Waals surface area (Å²) in [6.07, 6.45) is 5.04. The third kappa shape index (κ3) is 6.47. The van der Waals surface area contributed by atoms with E-state index in [9.17, 15) is 0 Å². The van der Waals surface area contributed by atoms with Crippen molar-refractivity contribution < 1.29 is 0 Å². The lowest BCUT2D eigenvalue weighted by atomic mass is 10.3. The molecule has 0 radical (unpaired) electrons. The Labute approximate surface area is 146 Å². The lowest BCUT2D eigenvalue weighted by Gasteiger charge is -2.11. The van der Waals surface area contributed by atoms with Crippen molar-refractivity contribution >= 4 is 41.3 Å². The maximum atomic E-state index is 4.44. The molecule has 0 fully saturated rings. The molecule has 0 amide bonds. The Balaban J connectivity index is 0.00000220. The van der Waals surface area contributed by atoms with Crippen LogP contribution in [-0.2, 0) is 13.0 Å². The first-order valence-corrected chi connectivity index (χ1v) is 7.62. The molecule has 2 N–H and O–H groups in total. The van der Waals surface area contributed by atoms with E-state index in [1.807, 2.05) is 19.1 Å². The van der Waals surface area contributed by atoms with Gasteiger partial charge in [0.2, 0.25) is 0 Å². The van der Waals surface area contributed by atoms with Gasteiger partial charge in [-0.3, -0.25) is 4.99 Å². The molecule has 5 nitrogen and oxygen atoms in total. The van der Waals surface area contributed by atoms with Gasteiger partial charge in [0.15, 0.2) is 5.96 Å². The lowest BCUT2D eigenvalue weighted by Crippen LogP contribution is -2.39. The molecule has 21 heavy (non-hydrogen) atoms. The molecule has 0 atom stereocenters. The zero-order chi connectivity index (χ0) is 14.2. The number of nitrogens with one attached hydrogen (secondary N) is 2. The first-order chi connectivity index (χ1) is 9.78. The Bertz CT molecular complexity index is 535. The highest BCUT2D eigenvalue weighted by molar-refractivity contribution is 14.0. The van der Waals surface area contributed by atoms with Gasteiger partial charge in [0.25, 0.3) is 0 Å². The number of aryl methyl sites for hydroxylation is 1. The van der Waals surface area contributed by atoms with Crippen molar-refractivity contribution in [2.75, 3.05) is 20.1 Å². The van der Waals surface area contributed by atoms with E-state index in [4.69, 9.17) is 0 Å². The van der Waals surface area contributed by atoms with Gasteiger partial charge >= 0.3 is 0 Å². The van der Waals surface area contributed by atoms with Crippen LogP contribution in [0.2, 0.25) is 0 Å². The Morgan fingerprint density at radius 1 is 1.29 bits per heavy atom. The van der Waals surface area contributed by atoms with Crippen molar-refractivity contribution in [2.45, 2.75) is 19.9 Å². The van der Waals surface area contributed by atoms with E-state index in [1.165, 1.54) is 0 Å². The molecule has 0 unspecified atom stereocenters. The Morgan fingerprint density at radius 2 is 2.00 bits per heavy atom. The predicted molar refractivity (Wildman–Crippen MR) is 99.8 cm³/mol. The quantitative estimate of drug-likeness (QED) is 0.429. The van der Waals surface area contributed by atoms with E-state index >= 15 is 0 Å². The monoisotopic (exact) mass is 419 g/mol. The number of aliphatic imine (C=N–C) groups is 1. The van der Waals surface area contributed by atoms with E-state index in [0.29, 0.717) is 0 Å². The highest BCUT2D eigenvalue weighted by atomic mass is 127. The van der Waals surface area contributed by atoms with Gasteiger partial charge in [-0.25, -0.2) is 4.98 Å². The van der Waals surface area contributed by atoms with E-state index in [-0.39, 0.29) is 24.0 Å². The highest BCUT2D eigenvalue weighted by Gasteiger charge is 2.00. The number of hydrogen-bond acceptors (Lipinski definition) is 3. The Kier molecular flexibility index (Phi) is 8.36. The van der Waals surface area contributed by atoms with Gasteiger partial charge in [0, 0.05) is 50.9 Å². The fourth-order valence-electron chi connectivity index (χ4n) is 1.88. The molecule has 0 saturated carbocycles. The van der Waals surface area contributed by atoms with Gasteiger partial charge in [0.1, 0.15) is 0 Å². The SMILES string of the molecule is CN=C(NCCc1csc(C)n1)NCCn1cccc1.I. The molecule has 7 heteroatoms. The summed E-state index contributed by atoms with van der Waals surface area (Å²) in [6, 6.07) is 4.06. The second-order valence-electron chi connectivity index (χ2n) is 4.45. The average molecular weight is 419 g/mol. The van der Waals surface area contributed by atoms with Crippen molar-refractivity contribution in [1.82, 2.24) is 20.2 Å². The molecule has 2 aromatic rings. The number of aromatic nitrogens is 2. The molecule has 0 spiro atoms. The predicted octanol–water partition coefficient (Wildman–Crippen LogP) is 2.28. The second-order valence-corrected chi connectivity index (χ2v) is 5.52. The number of nitrogens with zero attached hydrogens (tertiary/aromatic N) is 3. The maximum Gasteiger partial charge on any atom is 0.191 e. The number of rotatable bonds is 6. The molecule has 2 heterocycles. The third-order valence-corrected chi connectivity index (χ3v) is 3.71. The van der Waals surface area contributed by atoms with Crippen LogP contribution in [0.5, 0.6) is 0 Å². The number of hydrogen-bond donors (Lipinski definition) is 2. The maximum absolute atomic E-state index is 4.44. The van der Waals surface area contributed by atoms with Crippen LogP contribution in [0.4, 0.5) is 0 Å². The van der Waals surface area contributed by atoms with Gasteiger partial charge in [-0.15, -0.1) is 35.3 Å². The van der Waals surface area contributed by atoms with Crippen molar-refractivity contribution in [2.24, 2.45) is 4.99 Å². The van der Waals surface area contributed by atoms with E-state index in [1.54, 1.807) is 18.4 Å². The number of halogens is 1. The first-order valence-electron chi connectivity index (χ1n) is 6.74. The molecule has 0 aliphatic rings. The van der Waals surface area contributed by atoms with E-state index < -0.39 is 0 Å². The fraction of sp³-hybridized carbons (Fsp3) is 0.429.